The van der Waals surface area contributed by atoms with E-state index in [1.165, 1.54) is 11.4 Å². The molecule has 0 amide bonds. The van der Waals surface area contributed by atoms with Crippen LogP contribution in [0.2, 0.25) is 0 Å². The molecule has 0 aliphatic rings. The third-order valence-corrected chi connectivity index (χ3v) is 3.00. The summed E-state index contributed by atoms with van der Waals surface area (Å²) in [5.74, 6) is 1.90. The third kappa shape index (κ3) is 3.46. The second-order valence-electron chi connectivity index (χ2n) is 5.05. The van der Waals surface area contributed by atoms with Crippen LogP contribution in [0.5, 0.6) is 0 Å². The van der Waals surface area contributed by atoms with Crippen molar-refractivity contribution in [1.29, 1.82) is 0 Å². The van der Waals surface area contributed by atoms with Crippen LogP contribution in [0, 0.1) is 12.8 Å². The summed E-state index contributed by atoms with van der Waals surface area (Å²) in [4.78, 5) is 2.24. The Bertz CT molecular complexity index is 355. The topological polar surface area (TPSA) is 33.1 Å². The molecule has 0 bridgehead atoms. The monoisotopic (exact) mass is 238 g/mol. The predicted octanol–water partition coefficient (Wildman–Crippen LogP) is 1.93. The Balaban J connectivity index is 2.82. The molecule has 0 aromatic carbocycles. The van der Waals surface area contributed by atoms with Gasteiger partial charge < -0.3 is 10.2 Å². The lowest BCUT2D eigenvalue weighted by Crippen LogP contribution is -2.24. The maximum absolute atomic E-state index is 4.51. The van der Waals surface area contributed by atoms with Crippen molar-refractivity contribution in [3.63, 3.8) is 0 Å². The number of rotatable bonds is 6. The van der Waals surface area contributed by atoms with Crippen molar-refractivity contribution in [1.82, 2.24) is 15.1 Å². The number of nitrogens with one attached hydrogen (secondary N) is 1. The Morgan fingerprint density at radius 3 is 2.59 bits per heavy atom. The van der Waals surface area contributed by atoms with E-state index in [-0.39, 0.29) is 0 Å². The van der Waals surface area contributed by atoms with Crippen molar-refractivity contribution >= 4 is 5.82 Å². The van der Waals surface area contributed by atoms with Gasteiger partial charge in [0.1, 0.15) is 5.82 Å². The van der Waals surface area contributed by atoms with E-state index in [2.05, 4.69) is 50.1 Å². The molecule has 1 aromatic rings. The lowest BCUT2D eigenvalue weighted by molar-refractivity contribution is 0.551. The molecule has 1 N–H and O–H groups in total. The van der Waals surface area contributed by atoms with Crippen molar-refractivity contribution in [2.75, 3.05) is 25.0 Å². The van der Waals surface area contributed by atoms with E-state index in [9.17, 15) is 0 Å². The Morgan fingerprint density at radius 1 is 1.41 bits per heavy atom. The zero-order valence-corrected chi connectivity index (χ0v) is 12.0. The van der Waals surface area contributed by atoms with E-state index >= 15 is 0 Å². The Kier molecular flexibility index (Phi) is 5.00. The Labute approximate surface area is 105 Å². The number of nitrogens with zero attached hydrogens (tertiary/aromatic N) is 3. The van der Waals surface area contributed by atoms with Gasteiger partial charge in [-0.3, -0.25) is 4.68 Å². The van der Waals surface area contributed by atoms with Gasteiger partial charge in [0.25, 0.3) is 0 Å². The molecule has 17 heavy (non-hydrogen) atoms. The molecule has 4 nitrogen and oxygen atoms in total. The molecule has 0 radical (unpaired) electrons. The number of hydrogen-bond donors (Lipinski definition) is 1. The maximum atomic E-state index is 4.51. The van der Waals surface area contributed by atoms with Gasteiger partial charge in [-0.2, -0.15) is 5.10 Å². The highest BCUT2D eigenvalue weighted by Gasteiger charge is 2.15. The smallest absolute Gasteiger partial charge is 0.131 e. The highest BCUT2D eigenvalue weighted by molar-refractivity contribution is 5.49. The van der Waals surface area contributed by atoms with Crippen molar-refractivity contribution in [2.45, 2.75) is 34.2 Å². The lowest BCUT2D eigenvalue weighted by atomic mass is 10.2. The van der Waals surface area contributed by atoms with Gasteiger partial charge in [-0.1, -0.05) is 13.8 Å². The maximum Gasteiger partial charge on any atom is 0.131 e. The van der Waals surface area contributed by atoms with Crippen LogP contribution < -0.4 is 10.2 Å². The first-order valence-corrected chi connectivity index (χ1v) is 6.41. The zero-order valence-electron chi connectivity index (χ0n) is 12.0. The minimum atomic E-state index is 0.680. The molecule has 0 aliphatic carbocycles. The fourth-order valence-corrected chi connectivity index (χ4v) is 2.01. The van der Waals surface area contributed by atoms with Crippen molar-refractivity contribution < 1.29 is 0 Å². The summed E-state index contributed by atoms with van der Waals surface area (Å²) in [6.07, 6.45) is 0. The summed E-state index contributed by atoms with van der Waals surface area (Å²) >= 11 is 0. The summed E-state index contributed by atoms with van der Waals surface area (Å²) in [6.45, 7) is 11.6. The van der Waals surface area contributed by atoms with Crippen molar-refractivity contribution in [2.24, 2.45) is 13.0 Å². The predicted molar refractivity (Wildman–Crippen MR) is 73.4 cm³/mol. The van der Waals surface area contributed by atoms with Crippen LogP contribution in [0.25, 0.3) is 0 Å². The average Bonchev–Trinajstić information content (AvgIpc) is 2.52. The molecule has 1 aromatic heterocycles. The van der Waals surface area contributed by atoms with Gasteiger partial charge in [-0.25, -0.2) is 0 Å². The summed E-state index contributed by atoms with van der Waals surface area (Å²) in [6, 6.07) is 0. The van der Waals surface area contributed by atoms with Crippen LogP contribution in [0.3, 0.4) is 0 Å². The number of hydrogen-bond acceptors (Lipinski definition) is 3. The Morgan fingerprint density at radius 2 is 2.06 bits per heavy atom. The van der Waals surface area contributed by atoms with Gasteiger partial charge in [0.2, 0.25) is 0 Å². The molecule has 0 saturated heterocycles. The van der Waals surface area contributed by atoms with Crippen molar-refractivity contribution in [3.8, 4) is 0 Å². The van der Waals surface area contributed by atoms with Gasteiger partial charge in [0.05, 0.1) is 5.69 Å². The minimum Gasteiger partial charge on any atom is -0.360 e. The van der Waals surface area contributed by atoms with E-state index in [1.54, 1.807) is 0 Å². The quantitative estimate of drug-likeness (QED) is 0.822. The molecule has 0 aliphatic heterocycles. The lowest BCUT2D eigenvalue weighted by Gasteiger charge is -2.19. The first-order chi connectivity index (χ1) is 7.97. The van der Waals surface area contributed by atoms with Gasteiger partial charge in [-0.05, 0) is 26.3 Å². The van der Waals surface area contributed by atoms with Crippen LogP contribution in [0.4, 0.5) is 5.82 Å². The molecule has 1 rings (SSSR count). The number of aromatic nitrogens is 2. The zero-order chi connectivity index (χ0) is 13.0. The first-order valence-electron chi connectivity index (χ1n) is 6.41. The highest BCUT2D eigenvalue weighted by atomic mass is 15.4. The Hall–Kier alpha value is -1.03. The van der Waals surface area contributed by atoms with E-state index < -0.39 is 0 Å². The van der Waals surface area contributed by atoms with E-state index in [0.717, 1.165) is 25.3 Å². The molecule has 1 heterocycles. The second kappa shape index (κ2) is 6.05. The fraction of sp³-hybridized carbons (Fsp3) is 0.769. The molecular weight excluding hydrogens is 212 g/mol. The minimum absolute atomic E-state index is 0.680. The molecule has 0 spiro atoms. The van der Waals surface area contributed by atoms with Gasteiger partial charge in [-0.15, -0.1) is 0 Å². The summed E-state index contributed by atoms with van der Waals surface area (Å²) in [5, 5.41) is 8.01. The molecule has 0 fully saturated rings. The summed E-state index contributed by atoms with van der Waals surface area (Å²) in [5.41, 5.74) is 2.44. The molecule has 0 saturated carbocycles. The van der Waals surface area contributed by atoms with Crippen LogP contribution in [0.15, 0.2) is 0 Å². The molecule has 0 unspecified atom stereocenters. The van der Waals surface area contributed by atoms with Crippen molar-refractivity contribution in [3.05, 3.63) is 11.3 Å². The largest absolute Gasteiger partial charge is 0.360 e. The van der Waals surface area contributed by atoms with E-state index in [0.29, 0.717) is 5.92 Å². The van der Waals surface area contributed by atoms with Gasteiger partial charge in [0.15, 0.2) is 0 Å². The normalized spacial score (nSPS) is 11.2. The third-order valence-electron chi connectivity index (χ3n) is 3.00. The fourth-order valence-electron chi connectivity index (χ4n) is 2.01. The summed E-state index contributed by atoms with van der Waals surface area (Å²) in [7, 11) is 4.13. The van der Waals surface area contributed by atoms with Gasteiger partial charge in [0, 0.05) is 32.7 Å². The van der Waals surface area contributed by atoms with Crippen LogP contribution >= 0.6 is 0 Å². The number of anilines is 1. The average molecular weight is 238 g/mol. The van der Waals surface area contributed by atoms with Crippen LogP contribution in [-0.4, -0.2) is 29.9 Å². The molecular formula is C13H26N4. The second-order valence-corrected chi connectivity index (χ2v) is 5.05. The molecule has 0 atom stereocenters. The van der Waals surface area contributed by atoms with Crippen LogP contribution in [0.1, 0.15) is 32.0 Å². The molecule has 4 heteroatoms. The highest BCUT2D eigenvalue weighted by Crippen LogP contribution is 2.21. The van der Waals surface area contributed by atoms with Gasteiger partial charge >= 0.3 is 0 Å². The number of aryl methyl sites for hydroxylation is 2. The van der Waals surface area contributed by atoms with Crippen LogP contribution in [-0.2, 0) is 13.6 Å². The molecule has 98 valence electrons. The van der Waals surface area contributed by atoms with E-state index in [1.807, 2.05) is 11.7 Å². The standard InChI is InChI=1S/C13H26N4/c1-7-16(5)13-12(9-14-8-10(2)3)11(4)15-17(13)6/h10,14H,7-9H2,1-6H3. The SMILES string of the molecule is CCN(C)c1c(CNCC(C)C)c(C)nn1C. The van der Waals surface area contributed by atoms with E-state index in [4.69, 9.17) is 0 Å². The summed E-state index contributed by atoms with van der Waals surface area (Å²) < 4.78 is 1.98. The first kappa shape index (κ1) is 14.0.